The molecule has 0 aromatic heterocycles. The third-order valence-corrected chi connectivity index (χ3v) is 4.59. The number of nitrogens with zero attached hydrogens (tertiary/aromatic N) is 1. The van der Waals surface area contributed by atoms with Gasteiger partial charge in [0.05, 0.1) is 0 Å². The molecule has 1 heterocycles. The summed E-state index contributed by atoms with van der Waals surface area (Å²) in [6, 6.07) is 1.55. The zero-order valence-electron chi connectivity index (χ0n) is 10.3. The van der Waals surface area contributed by atoms with Crippen molar-refractivity contribution in [3.8, 4) is 0 Å². The Labute approximate surface area is 94.2 Å². The molecule has 2 fully saturated rings. The highest BCUT2D eigenvalue weighted by Crippen LogP contribution is 2.33. The third kappa shape index (κ3) is 2.54. The van der Waals surface area contributed by atoms with E-state index in [2.05, 4.69) is 18.7 Å². The van der Waals surface area contributed by atoms with Gasteiger partial charge in [0.2, 0.25) is 0 Å². The fraction of sp³-hybridized carbons (Fsp3) is 1.00. The molecule has 0 bridgehead atoms. The van der Waals surface area contributed by atoms with Crippen LogP contribution >= 0.6 is 0 Å². The van der Waals surface area contributed by atoms with E-state index in [0.717, 1.165) is 12.1 Å². The first-order chi connectivity index (χ1) is 7.11. The largest absolute Gasteiger partial charge is 0.325 e. The Balaban J connectivity index is 1.81. The first-order valence-corrected chi connectivity index (χ1v) is 6.65. The Morgan fingerprint density at radius 1 is 1.13 bits per heavy atom. The Morgan fingerprint density at radius 3 is 2.20 bits per heavy atom. The van der Waals surface area contributed by atoms with Crippen LogP contribution in [0.5, 0.6) is 0 Å². The van der Waals surface area contributed by atoms with Gasteiger partial charge in [0.25, 0.3) is 0 Å². The van der Waals surface area contributed by atoms with Crippen LogP contribution in [0.25, 0.3) is 0 Å². The van der Waals surface area contributed by atoms with Gasteiger partial charge in [-0.1, -0.05) is 6.42 Å². The van der Waals surface area contributed by atoms with Crippen molar-refractivity contribution in [2.75, 3.05) is 6.54 Å². The van der Waals surface area contributed by atoms with Gasteiger partial charge in [0, 0.05) is 24.2 Å². The highest BCUT2D eigenvalue weighted by atomic mass is 15.2. The second-order valence-corrected chi connectivity index (χ2v) is 5.83. The molecule has 0 radical (unpaired) electrons. The molecule has 0 amide bonds. The Bertz CT molecular complexity index is 201. The lowest BCUT2D eigenvalue weighted by atomic mass is 9.75. The van der Waals surface area contributed by atoms with E-state index in [1.54, 1.807) is 0 Å². The van der Waals surface area contributed by atoms with Crippen LogP contribution in [-0.2, 0) is 0 Å². The van der Waals surface area contributed by atoms with Crippen LogP contribution in [-0.4, -0.2) is 29.1 Å². The Kier molecular flexibility index (Phi) is 3.36. The Hall–Kier alpha value is -0.0800. The molecule has 0 aromatic carbocycles. The molecule has 2 N–H and O–H groups in total. The van der Waals surface area contributed by atoms with E-state index in [-0.39, 0.29) is 5.54 Å². The summed E-state index contributed by atoms with van der Waals surface area (Å²) in [5.41, 5.74) is 6.49. The monoisotopic (exact) mass is 210 g/mol. The zero-order chi connectivity index (χ0) is 10.9. The maximum absolute atomic E-state index is 6.28. The molecule has 2 rings (SSSR count). The molecular weight excluding hydrogens is 184 g/mol. The van der Waals surface area contributed by atoms with Crippen molar-refractivity contribution >= 4 is 0 Å². The average Bonchev–Trinajstić information content (AvgIpc) is 2.14. The van der Waals surface area contributed by atoms with Gasteiger partial charge in [-0.15, -0.1) is 0 Å². The molecule has 1 aliphatic carbocycles. The molecule has 0 unspecified atom stereocenters. The van der Waals surface area contributed by atoms with Crippen molar-refractivity contribution in [2.24, 2.45) is 5.73 Å². The van der Waals surface area contributed by atoms with Gasteiger partial charge in [-0.2, -0.15) is 0 Å². The van der Waals surface area contributed by atoms with Crippen LogP contribution in [0.1, 0.15) is 58.8 Å². The molecule has 15 heavy (non-hydrogen) atoms. The minimum Gasteiger partial charge on any atom is -0.325 e. The minimum atomic E-state index is 0.205. The number of hydrogen-bond acceptors (Lipinski definition) is 2. The number of nitrogens with two attached hydrogens (primary N) is 1. The zero-order valence-corrected chi connectivity index (χ0v) is 10.3. The van der Waals surface area contributed by atoms with Gasteiger partial charge in [0.1, 0.15) is 0 Å². The molecule has 0 aromatic rings. The van der Waals surface area contributed by atoms with Gasteiger partial charge < -0.3 is 5.73 Å². The summed E-state index contributed by atoms with van der Waals surface area (Å²) in [5.74, 6) is 0. The molecule has 1 aliphatic heterocycles. The SMILES string of the molecule is C[C@@H]1CCC[C@H](C)N1CCC1(N)CCC1. The van der Waals surface area contributed by atoms with Crippen molar-refractivity contribution in [3.63, 3.8) is 0 Å². The third-order valence-electron chi connectivity index (χ3n) is 4.59. The molecule has 1 saturated carbocycles. The molecule has 2 aliphatic rings. The van der Waals surface area contributed by atoms with E-state index >= 15 is 0 Å². The highest BCUT2D eigenvalue weighted by molar-refractivity contribution is 4.94. The molecule has 88 valence electrons. The van der Waals surface area contributed by atoms with Gasteiger partial charge in [-0.25, -0.2) is 0 Å². The summed E-state index contributed by atoms with van der Waals surface area (Å²) in [5, 5.41) is 0. The van der Waals surface area contributed by atoms with E-state index in [9.17, 15) is 0 Å². The maximum Gasteiger partial charge on any atom is 0.0166 e. The van der Waals surface area contributed by atoms with E-state index in [1.165, 1.54) is 51.5 Å². The predicted molar refractivity (Wildman–Crippen MR) is 64.9 cm³/mol. The summed E-state index contributed by atoms with van der Waals surface area (Å²) in [6.45, 7) is 5.97. The van der Waals surface area contributed by atoms with Crippen LogP contribution in [0.15, 0.2) is 0 Å². The lowest BCUT2D eigenvalue weighted by Crippen LogP contribution is -2.51. The van der Waals surface area contributed by atoms with Crippen LogP contribution in [0.4, 0.5) is 0 Å². The molecule has 1 saturated heterocycles. The maximum atomic E-state index is 6.28. The van der Waals surface area contributed by atoms with Gasteiger partial charge >= 0.3 is 0 Å². The Morgan fingerprint density at radius 2 is 1.73 bits per heavy atom. The van der Waals surface area contributed by atoms with Crippen LogP contribution in [0.2, 0.25) is 0 Å². The summed E-state index contributed by atoms with van der Waals surface area (Å²) in [4.78, 5) is 2.68. The second-order valence-electron chi connectivity index (χ2n) is 5.83. The van der Waals surface area contributed by atoms with Crippen LogP contribution < -0.4 is 5.73 Å². The van der Waals surface area contributed by atoms with Gasteiger partial charge in [0.15, 0.2) is 0 Å². The van der Waals surface area contributed by atoms with Crippen molar-refractivity contribution < 1.29 is 0 Å². The molecule has 2 atom stereocenters. The van der Waals surface area contributed by atoms with Crippen molar-refractivity contribution in [1.29, 1.82) is 0 Å². The van der Waals surface area contributed by atoms with Crippen molar-refractivity contribution in [1.82, 2.24) is 4.90 Å². The lowest BCUT2D eigenvalue weighted by molar-refractivity contribution is 0.0823. The number of likely N-dealkylation sites (tertiary alicyclic amines) is 1. The lowest BCUT2D eigenvalue weighted by Gasteiger charge is -2.44. The van der Waals surface area contributed by atoms with E-state index in [1.807, 2.05) is 0 Å². The molecule has 2 heteroatoms. The minimum absolute atomic E-state index is 0.205. The van der Waals surface area contributed by atoms with E-state index in [0.29, 0.717) is 0 Å². The number of hydrogen-bond donors (Lipinski definition) is 1. The number of rotatable bonds is 3. The summed E-state index contributed by atoms with van der Waals surface area (Å²) in [6.07, 6.45) is 9.23. The standard InChI is InChI=1S/C13H26N2/c1-11-5-3-6-12(2)15(11)10-9-13(14)7-4-8-13/h11-12H,3-10,14H2,1-2H3/t11-,12+. The second kappa shape index (κ2) is 4.42. The van der Waals surface area contributed by atoms with Gasteiger partial charge in [-0.3, -0.25) is 4.90 Å². The topological polar surface area (TPSA) is 29.3 Å². The first kappa shape index (κ1) is 11.4. The first-order valence-electron chi connectivity index (χ1n) is 6.65. The van der Waals surface area contributed by atoms with Crippen LogP contribution in [0, 0.1) is 0 Å². The van der Waals surface area contributed by atoms with E-state index < -0.39 is 0 Å². The molecular formula is C13H26N2. The fourth-order valence-corrected chi connectivity index (χ4v) is 3.15. The predicted octanol–water partition coefficient (Wildman–Crippen LogP) is 2.52. The smallest absolute Gasteiger partial charge is 0.0166 e. The fourth-order valence-electron chi connectivity index (χ4n) is 3.15. The number of piperidine rings is 1. The normalized spacial score (nSPS) is 36.2. The molecule has 0 spiro atoms. The quantitative estimate of drug-likeness (QED) is 0.775. The average molecular weight is 210 g/mol. The van der Waals surface area contributed by atoms with E-state index in [4.69, 9.17) is 5.73 Å². The van der Waals surface area contributed by atoms with Crippen molar-refractivity contribution in [3.05, 3.63) is 0 Å². The molecule has 2 nitrogen and oxygen atoms in total. The summed E-state index contributed by atoms with van der Waals surface area (Å²) in [7, 11) is 0. The summed E-state index contributed by atoms with van der Waals surface area (Å²) >= 11 is 0. The summed E-state index contributed by atoms with van der Waals surface area (Å²) < 4.78 is 0. The van der Waals surface area contributed by atoms with Crippen molar-refractivity contribution in [2.45, 2.75) is 76.4 Å². The van der Waals surface area contributed by atoms with Gasteiger partial charge in [-0.05, 0) is 52.4 Å². The van der Waals surface area contributed by atoms with Crippen LogP contribution in [0.3, 0.4) is 0 Å². The highest BCUT2D eigenvalue weighted by Gasteiger charge is 2.34.